The molecule has 0 radical (unpaired) electrons. The highest BCUT2D eigenvalue weighted by molar-refractivity contribution is 5.78. The zero-order chi connectivity index (χ0) is 16.8. The van der Waals surface area contributed by atoms with E-state index in [1.807, 2.05) is 6.92 Å². The van der Waals surface area contributed by atoms with Gasteiger partial charge in [-0.15, -0.1) is 0 Å². The van der Waals surface area contributed by atoms with Crippen LogP contribution in [0.3, 0.4) is 0 Å². The Morgan fingerprint density at radius 3 is 1.86 bits per heavy atom. The maximum Gasteiger partial charge on any atom is 0.293 e. The van der Waals surface area contributed by atoms with Crippen LogP contribution >= 0.6 is 0 Å². The quantitative estimate of drug-likeness (QED) is 0.415. The summed E-state index contributed by atoms with van der Waals surface area (Å²) in [6, 6.07) is 0. The van der Waals surface area contributed by atoms with E-state index in [1.165, 1.54) is 19.3 Å². The summed E-state index contributed by atoms with van der Waals surface area (Å²) in [5.41, 5.74) is 0. The normalized spacial score (nSPS) is 8.81. The van der Waals surface area contributed by atoms with E-state index < -0.39 is 0 Å². The number of rotatable bonds is 11. The summed E-state index contributed by atoms with van der Waals surface area (Å²) in [6.45, 7) is 7.35. The van der Waals surface area contributed by atoms with Crippen LogP contribution in [0.25, 0.3) is 0 Å². The molecule has 0 fully saturated rings. The first-order valence-electron chi connectivity index (χ1n) is 8.11. The van der Waals surface area contributed by atoms with Crippen molar-refractivity contribution >= 4 is 12.3 Å². The van der Waals surface area contributed by atoms with Gasteiger partial charge in [-0.05, 0) is 19.3 Å². The molecule has 0 amide bonds. The lowest BCUT2D eigenvalue weighted by Crippen LogP contribution is -1.95. The van der Waals surface area contributed by atoms with Gasteiger partial charge in [0, 0.05) is 27.1 Å². The molecule has 0 aliphatic rings. The van der Waals surface area contributed by atoms with Gasteiger partial charge in [-0.3, -0.25) is 9.59 Å². The number of hydrogen-bond donors (Lipinski definition) is 0. The molecule has 0 bridgehead atoms. The highest BCUT2D eigenvalue weighted by Crippen LogP contribution is 2.04. The van der Waals surface area contributed by atoms with E-state index >= 15 is 0 Å². The van der Waals surface area contributed by atoms with Gasteiger partial charge in [-0.25, -0.2) is 0 Å². The first-order valence-corrected chi connectivity index (χ1v) is 8.11. The summed E-state index contributed by atoms with van der Waals surface area (Å²) in [5.74, 6) is 0.448. The van der Waals surface area contributed by atoms with Crippen molar-refractivity contribution in [2.24, 2.45) is 0 Å². The SMILES string of the molecule is CCCCCCC(=O)CCC.CCCCOC=O.COC. The first kappa shape index (κ1) is 25.1. The maximum atomic E-state index is 11.0. The lowest BCUT2D eigenvalue weighted by Gasteiger charge is -1.97. The Bertz CT molecular complexity index is 193. The van der Waals surface area contributed by atoms with Gasteiger partial charge in [0.2, 0.25) is 0 Å². The van der Waals surface area contributed by atoms with Crippen molar-refractivity contribution < 1.29 is 19.1 Å². The fourth-order valence-corrected chi connectivity index (χ4v) is 1.43. The number of ketones is 1. The van der Waals surface area contributed by atoms with Gasteiger partial charge in [-0.1, -0.05) is 46.5 Å². The minimum Gasteiger partial charge on any atom is -0.468 e. The Morgan fingerprint density at radius 1 is 0.857 bits per heavy atom. The van der Waals surface area contributed by atoms with Crippen molar-refractivity contribution in [3.05, 3.63) is 0 Å². The molecule has 128 valence electrons. The fraction of sp³-hybridized carbons (Fsp3) is 0.882. The molecular weight excluding hydrogens is 268 g/mol. The molecule has 0 aromatic heterocycles. The van der Waals surface area contributed by atoms with E-state index in [1.54, 1.807) is 14.2 Å². The molecule has 0 aliphatic heterocycles. The third kappa shape index (κ3) is 38.1. The Kier molecular flexibility index (Phi) is 32.8. The fourth-order valence-electron chi connectivity index (χ4n) is 1.43. The Hall–Kier alpha value is -0.900. The van der Waals surface area contributed by atoms with Gasteiger partial charge >= 0.3 is 0 Å². The number of carbonyl (C=O) groups excluding carboxylic acids is 2. The summed E-state index contributed by atoms with van der Waals surface area (Å²) >= 11 is 0. The standard InChI is InChI=1S/C10H20O.C5H10O2.C2H6O/c1-3-5-6-7-9-10(11)8-4-2;1-2-3-4-7-5-6;1-3-2/h3-9H2,1-2H3;5H,2-4H2,1H3;1-2H3. The van der Waals surface area contributed by atoms with Crippen molar-refractivity contribution in [2.45, 2.75) is 78.6 Å². The molecule has 0 rings (SSSR count). The number of unbranched alkanes of at least 4 members (excludes halogenated alkanes) is 4. The van der Waals surface area contributed by atoms with E-state index in [0.717, 1.165) is 38.5 Å². The second-order valence-electron chi connectivity index (χ2n) is 4.83. The van der Waals surface area contributed by atoms with Crippen LogP contribution < -0.4 is 0 Å². The minimum atomic E-state index is 0.448. The lowest BCUT2D eigenvalue weighted by molar-refractivity contribution is -0.128. The summed E-state index contributed by atoms with van der Waals surface area (Å²) in [4.78, 5) is 20.5. The predicted molar refractivity (Wildman–Crippen MR) is 88.5 cm³/mol. The molecule has 0 aliphatic carbocycles. The van der Waals surface area contributed by atoms with Crippen LogP contribution in [0.4, 0.5) is 0 Å². The summed E-state index contributed by atoms with van der Waals surface area (Å²) < 4.78 is 8.64. The molecule has 4 nitrogen and oxygen atoms in total. The van der Waals surface area contributed by atoms with Crippen LogP contribution in [0, 0.1) is 0 Å². The van der Waals surface area contributed by atoms with Crippen molar-refractivity contribution in [1.82, 2.24) is 0 Å². The minimum absolute atomic E-state index is 0.448. The molecule has 0 unspecified atom stereocenters. The Balaban J connectivity index is -0.000000277. The second kappa shape index (κ2) is 27.4. The van der Waals surface area contributed by atoms with Crippen molar-refractivity contribution in [3.63, 3.8) is 0 Å². The van der Waals surface area contributed by atoms with E-state index in [9.17, 15) is 9.59 Å². The van der Waals surface area contributed by atoms with Crippen molar-refractivity contribution in [1.29, 1.82) is 0 Å². The molecule has 0 aromatic rings. The highest BCUT2D eigenvalue weighted by Gasteiger charge is 1.98. The van der Waals surface area contributed by atoms with Crippen LogP contribution in [0.2, 0.25) is 0 Å². The zero-order valence-electron chi connectivity index (χ0n) is 14.8. The van der Waals surface area contributed by atoms with Crippen molar-refractivity contribution in [3.8, 4) is 0 Å². The molecule has 21 heavy (non-hydrogen) atoms. The largest absolute Gasteiger partial charge is 0.468 e. The van der Waals surface area contributed by atoms with E-state index in [-0.39, 0.29) is 0 Å². The van der Waals surface area contributed by atoms with Crippen molar-refractivity contribution in [2.75, 3.05) is 20.8 Å². The van der Waals surface area contributed by atoms with Crippen LogP contribution in [-0.2, 0) is 19.1 Å². The van der Waals surface area contributed by atoms with Gasteiger partial charge in [0.15, 0.2) is 0 Å². The molecule has 0 atom stereocenters. The number of hydrogen-bond acceptors (Lipinski definition) is 4. The van der Waals surface area contributed by atoms with E-state index in [0.29, 0.717) is 18.9 Å². The first-order chi connectivity index (χ1) is 10.1. The van der Waals surface area contributed by atoms with Crippen LogP contribution in [0.1, 0.15) is 78.6 Å². The predicted octanol–water partition coefficient (Wildman–Crippen LogP) is 4.55. The van der Waals surface area contributed by atoms with Gasteiger partial charge in [0.05, 0.1) is 6.61 Å². The molecule has 4 heteroatoms. The van der Waals surface area contributed by atoms with Gasteiger partial charge in [0.1, 0.15) is 5.78 Å². The number of Topliss-reactive ketones (excluding diaryl/α,β-unsaturated/α-hetero) is 1. The highest BCUT2D eigenvalue weighted by atomic mass is 16.5. The zero-order valence-corrected chi connectivity index (χ0v) is 14.8. The van der Waals surface area contributed by atoms with E-state index in [4.69, 9.17) is 0 Å². The molecule has 0 N–H and O–H groups in total. The molecule has 0 saturated heterocycles. The maximum absolute atomic E-state index is 11.0. The smallest absolute Gasteiger partial charge is 0.293 e. The molecule has 0 saturated carbocycles. The number of ether oxygens (including phenoxy) is 2. The summed E-state index contributed by atoms with van der Waals surface area (Å²) in [7, 11) is 3.25. The second-order valence-corrected chi connectivity index (χ2v) is 4.83. The topological polar surface area (TPSA) is 52.6 Å². The van der Waals surface area contributed by atoms with Gasteiger partial charge < -0.3 is 9.47 Å². The van der Waals surface area contributed by atoms with Crippen LogP contribution in [0.5, 0.6) is 0 Å². The van der Waals surface area contributed by atoms with Gasteiger partial charge in [0.25, 0.3) is 6.47 Å². The summed E-state index contributed by atoms with van der Waals surface area (Å²) in [6.07, 6.45) is 9.51. The monoisotopic (exact) mass is 304 g/mol. The molecular formula is C17H36O4. The van der Waals surface area contributed by atoms with Crippen LogP contribution in [0.15, 0.2) is 0 Å². The average Bonchev–Trinajstić information content (AvgIpc) is 2.46. The molecule has 0 heterocycles. The van der Waals surface area contributed by atoms with E-state index in [2.05, 4.69) is 23.3 Å². The molecule has 0 aromatic carbocycles. The van der Waals surface area contributed by atoms with Gasteiger partial charge in [-0.2, -0.15) is 0 Å². The average molecular weight is 304 g/mol. The third-order valence-electron chi connectivity index (χ3n) is 2.52. The number of carbonyl (C=O) groups is 2. The number of methoxy groups -OCH3 is 1. The van der Waals surface area contributed by atoms with Crippen LogP contribution in [-0.4, -0.2) is 33.1 Å². The lowest BCUT2D eigenvalue weighted by atomic mass is 10.1. The molecule has 0 spiro atoms. The Labute approximate surface area is 131 Å². The third-order valence-corrected chi connectivity index (χ3v) is 2.52. The summed E-state index contributed by atoms with van der Waals surface area (Å²) in [5, 5.41) is 0. The Morgan fingerprint density at radius 2 is 1.43 bits per heavy atom.